The van der Waals surface area contributed by atoms with Crippen molar-refractivity contribution in [1.82, 2.24) is 5.32 Å². The molecule has 0 fully saturated rings. The van der Waals surface area contributed by atoms with Crippen molar-refractivity contribution in [3.05, 3.63) is 71.3 Å². The van der Waals surface area contributed by atoms with Crippen LogP contribution in [0.4, 0.5) is 0 Å². The van der Waals surface area contributed by atoms with Crippen LogP contribution in [0, 0.1) is 12.8 Å². The topological polar surface area (TPSA) is 72.2 Å². The lowest BCUT2D eigenvalue weighted by atomic mass is 10.00. The van der Waals surface area contributed by atoms with Gasteiger partial charge in [0.05, 0.1) is 5.92 Å². The normalized spacial score (nSPS) is 13.0. The molecule has 0 saturated carbocycles. The van der Waals surface area contributed by atoms with E-state index in [0.717, 1.165) is 11.3 Å². The summed E-state index contributed by atoms with van der Waals surface area (Å²) in [6.45, 7) is 2.04. The highest BCUT2D eigenvalue weighted by Gasteiger charge is 2.23. The van der Waals surface area contributed by atoms with Crippen LogP contribution in [0.3, 0.4) is 0 Å². The number of hydrogen-bond acceptors (Lipinski definition) is 4. The molecule has 0 spiro atoms. The van der Waals surface area contributed by atoms with Crippen LogP contribution < -0.4 is 11.1 Å². The summed E-state index contributed by atoms with van der Waals surface area (Å²) in [5, 5.41) is 2.80. The van der Waals surface area contributed by atoms with Crippen molar-refractivity contribution in [2.75, 3.05) is 11.5 Å². The number of thiol groups is 1. The number of benzene rings is 2. The largest absolute Gasteiger partial charge is 0.368 e. The van der Waals surface area contributed by atoms with Gasteiger partial charge in [-0.25, -0.2) is 0 Å². The molecule has 6 heteroatoms. The molecule has 2 aromatic rings. The molecular formula is C21H26N2O2S2. The van der Waals surface area contributed by atoms with E-state index in [9.17, 15) is 9.59 Å². The van der Waals surface area contributed by atoms with Crippen molar-refractivity contribution in [2.45, 2.75) is 25.1 Å². The lowest BCUT2D eigenvalue weighted by molar-refractivity contribution is -0.129. The standard InChI is InChI=1S/C21H26N2O2S2/c1-15-7-9-17(10-8-15)13-27-14-19(20(22)24)23-21(25)18(12-26)11-16-5-3-2-4-6-16/h2-10,18-19,26H,11-14H2,1H3,(H2,22,24)(H,23,25)/t18?,19-/m0/s1. The van der Waals surface area contributed by atoms with Crippen LogP contribution in [-0.4, -0.2) is 29.4 Å². The molecule has 0 aliphatic carbocycles. The zero-order valence-electron chi connectivity index (χ0n) is 15.4. The third-order valence-corrected chi connectivity index (χ3v) is 5.80. The molecule has 2 rings (SSSR count). The summed E-state index contributed by atoms with van der Waals surface area (Å²) in [5.41, 5.74) is 8.95. The van der Waals surface area contributed by atoms with Gasteiger partial charge in [-0.2, -0.15) is 24.4 Å². The van der Waals surface area contributed by atoms with Crippen molar-refractivity contribution in [3.63, 3.8) is 0 Å². The summed E-state index contributed by atoms with van der Waals surface area (Å²) < 4.78 is 0. The highest BCUT2D eigenvalue weighted by Crippen LogP contribution is 2.15. The van der Waals surface area contributed by atoms with Crippen LogP contribution in [0.5, 0.6) is 0 Å². The summed E-state index contributed by atoms with van der Waals surface area (Å²) >= 11 is 5.88. The predicted octanol–water partition coefficient (Wildman–Crippen LogP) is 2.99. The molecule has 0 aromatic heterocycles. The Labute approximate surface area is 170 Å². The Morgan fingerprint density at radius 3 is 2.33 bits per heavy atom. The van der Waals surface area contributed by atoms with Gasteiger partial charge in [0.2, 0.25) is 11.8 Å². The van der Waals surface area contributed by atoms with Crippen LogP contribution in [0.1, 0.15) is 16.7 Å². The zero-order valence-corrected chi connectivity index (χ0v) is 17.1. The van der Waals surface area contributed by atoms with Gasteiger partial charge in [0.25, 0.3) is 0 Å². The number of aryl methyl sites for hydroxylation is 1. The lowest BCUT2D eigenvalue weighted by Crippen LogP contribution is -2.48. The smallest absolute Gasteiger partial charge is 0.240 e. The van der Waals surface area contributed by atoms with E-state index in [0.29, 0.717) is 17.9 Å². The second-order valence-electron chi connectivity index (χ2n) is 6.53. The van der Waals surface area contributed by atoms with E-state index in [1.54, 1.807) is 11.8 Å². The molecule has 0 bridgehead atoms. The monoisotopic (exact) mass is 402 g/mol. The van der Waals surface area contributed by atoms with E-state index >= 15 is 0 Å². The summed E-state index contributed by atoms with van der Waals surface area (Å²) in [6, 6.07) is 17.3. The van der Waals surface area contributed by atoms with Gasteiger partial charge in [-0.3, -0.25) is 9.59 Å². The van der Waals surface area contributed by atoms with Crippen molar-refractivity contribution >= 4 is 36.2 Å². The number of hydrogen-bond donors (Lipinski definition) is 3. The van der Waals surface area contributed by atoms with Crippen molar-refractivity contribution < 1.29 is 9.59 Å². The first-order valence-corrected chi connectivity index (χ1v) is 10.7. The van der Waals surface area contributed by atoms with E-state index in [-0.39, 0.29) is 11.8 Å². The van der Waals surface area contributed by atoms with Crippen molar-refractivity contribution in [3.8, 4) is 0 Å². The number of primary amides is 1. The minimum atomic E-state index is -0.689. The third kappa shape index (κ3) is 7.31. The Hall–Kier alpha value is -1.92. The summed E-state index contributed by atoms with van der Waals surface area (Å²) in [4.78, 5) is 24.4. The SMILES string of the molecule is Cc1ccc(CSC[C@H](NC(=O)C(CS)Cc2ccccc2)C(N)=O)cc1. The third-order valence-electron chi connectivity index (χ3n) is 4.25. The molecule has 0 heterocycles. The molecule has 0 aliphatic rings. The van der Waals surface area contributed by atoms with Crippen LogP contribution >= 0.6 is 24.4 Å². The number of nitrogens with one attached hydrogen (secondary N) is 1. The second-order valence-corrected chi connectivity index (χ2v) is 7.93. The van der Waals surface area contributed by atoms with Crippen molar-refractivity contribution in [2.24, 2.45) is 11.7 Å². The summed E-state index contributed by atoms with van der Waals surface area (Å²) in [5.74, 6) is 0.605. The van der Waals surface area contributed by atoms with Crippen LogP contribution in [-0.2, 0) is 21.8 Å². The second kappa shape index (κ2) is 11.0. The molecule has 1 unspecified atom stereocenters. The van der Waals surface area contributed by atoms with Crippen LogP contribution in [0.2, 0.25) is 0 Å². The van der Waals surface area contributed by atoms with E-state index < -0.39 is 11.9 Å². The lowest BCUT2D eigenvalue weighted by Gasteiger charge is -2.20. The van der Waals surface area contributed by atoms with Gasteiger partial charge in [-0.05, 0) is 24.5 Å². The molecule has 0 saturated heterocycles. The maximum atomic E-state index is 12.6. The average molecular weight is 403 g/mol. The number of amides is 2. The molecule has 2 atom stereocenters. The number of thioether (sulfide) groups is 1. The highest BCUT2D eigenvalue weighted by molar-refractivity contribution is 7.98. The van der Waals surface area contributed by atoms with E-state index in [4.69, 9.17) is 5.73 Å². The highest BCUT2D eigenvalue weighted by atomic mass is 32.2. The van der Waals surface area contributed by atoms with Gasteiger partial charge in [0, 0.05) is 17.3 Å². The van der Waals surface area contributed by atoms with E-state index in [2.05, 4.69) is 42.2 Å². The molecule has 3 N–H and O–H groups in total. The first-order chi connectivity index (χ1) is 13.0. The summed E-state index contributed by atoms with van der Waals surface area (Å²) in [6.07, 6.45) is 0.582. The Morgan fingerprint density at radius 1 is 1.07 bits per heavy atom. The molecule has 4 nitrogen and oxygen atoms in total. The molecule has 2 amide bonds. The van der Waals surface area contributed by atoms with Gasteiger partial charge in [0.1, 0.15) is 6.04 Å². The zero-order chi connectivity index (χ0) is 19.6. The minimum Gasteiger partial charge on any atom is -0.368 e. The Morgan fingerprint density at radius 2 is 1.74 bits per heavy atom. The Balaban J connectivity index is 1.88. The van der Waals surface area contributed by atoms with E-state index in [1.807, 2.05) is 37.3 Å². The number of carbonyl (C=O) groups excluding carboxylic acids is 2. The molecule has 27 heavy (non-hydrogen) atoms. The van der Waals surface area contributed by atoms with Crippen LogP contribution in [0.15, 0.2) is 54.6 Å². The quantitative estimate of drug-likeness (QED) is 0.535. The maximum Gasteiger partial charge on any atom is 0.240 e. The van der Waals surface area contributed by atoms with Crippen LogP contribution in [0.25, 0.3) is 0 Å². The fraction of sp³-hybridized carbons (Fsp3) is 0.333. The van der Waals surface area contributed by atoms with Gasteiger partial charge < -0.3 is 11.1 Å². The molecule has 2 aromatic carbocycles. The van der Waals surface area contributed by atoms with Gasteiger partial charge >= 0.3 is 0 Å². The molecular weight excluding hydrogens is 376 g/mol. The van der Waals surface area contributed by atoms with Gasteiger partial charge in [-0.15, -0.1) is 0 Å². The first kappa shape index (κ1) is 21.4. The predicted molar refractivity (Wildman–Crippen MR) is 116 cm³/mol. The number of carbonyl (C=O) groups is 2. The number of rotatable bonds is 10. The summed E-state index contributed by atoms with van der Waals surface area (Å²) in [7, 11) is 0. The number of nitrogens with two attached hydrogens (primary N) is 1. The molecule has 144 valence electrons. The fourth-order valence-corrected chi connectivity index (χ4v) is 3.93. The van der Waals surface area contributed by atoms with Gasteiger partial charge in [0.15, 0.2) is 0 Å². The first-order valence-electron chi connectivity index (χ1n) is 8.87. The Kier molecular flexibility index (Phi) is 8.75. The Bertz CT molecular complexity index is 736. The minimum absolute atomic E-state index is 0.186. The fourth-order valence-electron chi connectivity index (χ4n) is 2.60. The van der Waals surface area contributed by atoms with Crippen molar-refractivity contribution in [1.29, 1.82) is 0 Å². The van der Waals surface area contributed by atoms with E-state index in [1.165, 1.54) is 11.1 Å². The average Bonchev–Trinajstić information content (AvgIpc) is 2.67. The molecule has 0 radical (unpaired) electrons. The molecule has 0 aliphatic heterocycles. The maximum absolute atomic E-state index is 12.6. The van der Waals surface area contributed by atoms with Gasteiger partial charge in [-0.1, -0.05) is 60.2 Å².